The first-order valence-corrected chi connectivity index (χ1v) is 7.82. The van der Waals surface area contributed by atoms with Crippen LogP contribution in [0.25, 0.3) is 0 Å². The molecule has 5 heteroatoms. The summed E-state index contributed by atoms with van der Waals surface area (Å²) in [5.41, 5.74) is 1.18. The van der Waals surface area contributed by atoms with Gasteiger partial charge in [-0.25, -0.2) is 0 Å². The van der Waals surface area contributed by atoms with Crippen LogP contribution in [0.2, 0.25) is 0 Å². The second kappa shape index (κ2) is 9.13. The van der Waals surface area contributed by atoms with E-state index < -0.39 is 0 Å². The normalized spacial score (nSPS) is 17.6. The molecule has 1 aromatic carbocycles. The summed E-state index contributed by atoms with van der Waals surface area (Å²) in [7, 11) is 3.92. The van der Waals surface area contributed by atoms with Crippen molar-refractivity contribution < 1.29 is 4.79 Å². The van der Waals surface area contributed by atoms with Crippen molar-refractivity contribution in [2.24, 2.45) is 0 Å². The molecule has 124 valence electrons. The van der Waals surface area contributed by atoms with E-state index in [-0.39, 0.29) is 24.4 Å². The third kappa shape index (κ3) is 4.97. The Morgan fingerprint density at radius 3 is 2.45 bits per heavy atom. The Balaban J connectivity index is 0.00000242. The number of piperidine rings is 1. The molecule has 1 heterocycles. The molecule has 1 aromatic rings. The largest absolute Gasteiger partial charge is 0.338 e. The first-order valence-electron chi connectivity index (χ1n) is 7.82. The van der Waals surface area contributed by atoms with Crippen molar-refractivity contribution in [3.8, 4) is 0 Å². The number of nitrogens with zero attached hydrogens (tertiary/aromatic N) is 2. The predicted octanol–water partition coefficient (Wildman–Crippen LogP) is 2.31. The first-order chi connectivity index (χ1) is 10.1. The van der Waals surface area contributed by atoms with Crippen molar-refractivity contribution in [3.05, 3.63) is 35.9 Å². The van der Waals surface area contributed by atoms with Crippen molar-refractivity contribution >= 4 is 18.3 Å². The van der Waals surface area contributed by atoms with Gasteiger partial charge < -0.3 is 10.2 Å². The average molecular weight is 326 g/mol. The van der Waals surface area contributed by atoms with Crippen molar-refractivity contribution in [1.82, 2.24) is 15.1 Å². The summed E-state index contributed by atoms with van der Waals surface area (Å²) in [5, 5.41) is 3.32. The number of carbonyl (C=O) groups excluding carboxylic acids is 1. The molecule has 2 rings (SSSR count). The molecule has 1 N–H and O–H groups in total. The van der Waals surface area contributed by atoms with E-state index in [1.165, 1.54) is 5.56 Å². The number of likely N-dealkylation sites (tertiary alicyclic amines) is 1. The number of amides is 1. The van der Waals surface area contributed by atoms with E-state index in [0.29, 0.717) is 12.6 Å². The number of halogens is 1. The minimum atomic E-state index is 0. The van der Waals surface area contributed by atoms with E-state index in [9.17, 15) is 4.79 Å². The standard InChI is InChI=1S/C17H27N3O.ClH/c1-14(15-7-5-4-6-8-15)19(3)17(21)13-20-11-9-16(18-2)10-12-20;/h4-8,14,16,18H,9-13H2,1-3H3;1H. The number of benzene rings is 1. The minimum absolute atomic E-state index is 0. The third-order valence-corrected chi connectivity index (χ3v) is 4.61. The molecule has 1 aliphatic heterocycles. The first kappa shape index (κ1) is 18.9. The lowest BCUT2D eigenvalue weighted by Gasteiger charge is -2.33. The number of hydrogen-bond donors (Lipinski definition) is 1. The van der Waals surface area contributed by atoms with Crippen molar-refractivity contribution in [2.45, 2.75) is 31.8 Å². The van der Waals surface area contributed by atoms with Crippen LogP contribution in [0.4, 0.5) is 0 Å². The van der Waals surface area contributed by atoms with E-state index in [1.54, 1.807) is 0 Å². The van der Waals surface area contributed by atoms with Gasteiger partial charge in [0, 0.05) is 26.2 Å². The molecule has 0 saturated carbocycles. The van der Waals surface area contributed by atoms with Crippen LogP contribution < -0.4 is 5.32 Å². The zero-order valence-electron chi connectivity index (χ0n) is 13.8. The zero-order chi connectivity index (χ0) is 15.2. The number of hydrogen-bond acceptors (Lipinski definition) is 3. The Kier molecular flexibility index (Phi) is 7.87. The van der Waals surface area contributed by atoms with E-state index in [1.807, 2.05) is 37.2 Å². The van der Waals surface area contributed by atoms with Gasteiger partial charge in [-0.2, -0.15) is 0 Å². The fourth-order valence-electron chi connectivity index (χ4n) is 2.85. The third-order valence-electron chi connectivity index (χ3n) is 4.61. The van der Waals surface area contributed by atoms with Gasteiger partial charge in [0.1, 0.15) is 0 Å². The quantitative estimate of drug-likeness (QED) is 0.902. The molecule has 22 heavy (non-hydrogen) atoms. The summed E-state index contributed by atoms with van der Waals surface area (Å²) in [5.74, 6) is 0.203. The summed E-state index contributed by atoms with van der Waals surface area (Å²) in [6, 6.07) is 10.9. The summed E-state index contributed by atoms with van der Waals surface area (Å²) in [6.45, 7) is 4.63. The van der Waals surface area contributed by atoms with Gasteiger partial charge in [-0.1, -0.05) is 30.3 Å². The highest BCUT2D eigenvalue weighted by Crippen LogP contribution is 2.19. The summed E-state index contributed by atoms with van der Waals surface area (Å²) >= 11 is 0. The molecular formula is C17H28ClN3O. The van der Waals surface area contributed by atoms with E-state index in [2.05, 4.69) is 29.3 Å². The number of carbonyl (C=O) groups is 1. The van der Waals surface area contributed by atoms with Gasteiger partial charge in [-0.3, -0.25) is 9.69 Å². The van der Waals surface area contributed by atoms with E-state index in [4.69, 9.17) is 0 Å². The lowest BCUT2D eigenvalue weighted by molar-refractivity contribution is -0.133. The maximum atomic E-state index is 12.4. The van der Waals surface area contributed by atoms with Crippen molar-refractivity contribution in [1.29, 1.82) is 0 Å². The Morgan fingerprint density at radius 2 is 1.91 bits per heavy atom. The Bertz CT molecular complexity index is 446. The molecule has 1 amide bonds. The minimum Gasteiger partial charge on any atom is -0.338 e. The summed E-state index contributed by atoms with van der Waals surface area (Å²) in [6.07, 6.45) is 2.25. The number of nitrogens with one attached hydrogen (secondary N) is 1. The highest BCUT2D eigenvalue weighted by atomic mass is 35.5. The van der Waals surface area contributed by atoms with Gasteiger partial charge in [0.25, 0.3) is 0 Å². The van der Waals surface area contributed by atoms with Crippen LogP contribution in [0.15, 0.2) is 30.3 Å². The number of rotatable bonds is 5. The van der Waals surface area contributed by atoms with E-state index in [0.717, 1.165) is 25.9 Å². The van der Waals surface area contributed by atoms with Crippen LogP contribution in [0.5, 0.6) is 0 Å². The Hall–Kier alpha value is -1.10. The Labute approximate surface area is 140 Å². The van der Waals surface area contributed by atoms with Crippen LogP contribution in [0.3, 0.4) is 0 Å². The van der Waals surface area contributed by atoms with Crippen molar-refractivity contribution in [3.63, 3.8) is 0 Å². The van der Waals surface area contributed by atoms with E-state index >= 15 is 0 Å². The van der Waals surface area contributed by atoms with Crippen LogP contribution in [-0.4, -0.2) is 55.5 Å². The maximum Gasteiger partial charge on any atom is 0.236 e. The second-order valence-corrected chi connectivity index (χ2v) is 5.93. The van der Waals surface area contributed by atoms with Crippen LogP contribution in [-0.2, 0) is 4.79 Å². The van der Waals surface area contributed by atoms with Gasteiger partial charge in [-0.05, 0) is 32.4 Å². The number of likely N-dealkylation sites (N-methyl/N-ethyl adjacent to an activating group) is 1. The molecule has 0 spiro atoms. The smallest absolute Gasteiger partial charge is 0.236 e. The van der Waals surface area contributed by atoms with Gasteiger partial charge in [0.05, 0.1) is 12.6 Å². The SMILES string of the molecule is CNC1CCN(CC(=O)N(C)C(C)c2ccccc2)CC1.Cl. The molecule has 1 aliphatic rings. The second-order valence-electron chi connectivity index (χ2n) is 5.93. The molecule has 1 saturated heterocycles. The molecule has 1 fully saturated rings. The van der Waals surface area contributed by atoms with Gasteiger partial charge in [0.15, 0.2) is 0 Å². The molecule has 0 bridgehead atoms. The maximum absolute atomic E-state index is 12.4. The van der Waals surface area contributed by atoms with Crippen molar-refractivity contribution in [2.75, 3.05) is 33.7 Å². The summed E-state index contributed by atoms with van der Waals surface area (Å²) in [4.78, 5) is 16.6. The fraction of sp³-hybridized carbons (Fsp3) is 0.588. The van der Waals surface area contributed by atoms with Gasteiger partial charge >= 0.3 is 0 Å². The Morgan fingerprint density at radius 1 is 1.32 bits per heavy atom. The fourth-order valence-corrected chi connectivity index (χ4v) is 2.85. The molecule has 1 atom stereocenters. The lowest BCUT2D eigenvalue weighted by atomic mass is 10.1. The zero-order valence-corrected chi connectivity index (χ0v) is 14.6. The van der Waals surface area contributed by atoms with Crippen LogP contribution >= 0.6 is 12.4 Å². The molecule has 4 nitrogen and oxygen atoms in total. The predicted molar refractivity (Wildman–Crippen MR) is 93.4 cm³/mol. The molecular weight excluding hydrogens is 298 g/mol. The average Bonchev–Trinajstić information content (AvgIpc) is 2.55. The highest BCUT2D eigenvalue weighted by molar-refractivity contribution is 5.85. The van der Waals surface area contributed by atoms with Gasteiger partial charge in [0.2, 0.25) is 5.91 Å². The molecule has 1 unspecified atom stereocenters. The molecule has 0 aromatic heterocycles. The molecule has 0 radical (unpaired) electrons. The summed E-state index contributed by atoms with van der Waals surface area (Å²) < 4.78 is 0. The van der Waals surface area contributed by atoms with Crippen LogP contribution in [0, 0.1) is 0 Å². The molecule has 0 aliphatic carbocycles. The topological polar surface area (TPSA) is 35.6 Å². The van der Waals surface area contributed by atoms with Gasteiger partial charge in [-0.15, -0.1) is 12.4 Å². The monoisotopic (exact) mass is 325 g/mol. The van der Waals surface area contributed by atoms with Crippen LogP contribution in [0.1, 0.15) is 31.4 Å². The lowest BCUT2D eigenvalue weighted by Crippen LogP contribution is -2.46. The highest BCUT2D eigenvalue weighted by Gasteiger charge is 2.23.